The Morgan fingerprint density at radius 1 is 1.08 bits per heavy atom. The van der Waals surface area contributed by atoms with Crippen LogP contribution >= 0.6 is 0 Å². The Morgan fingerprint density at radius 2 is 1.84 bits per heavy atom. The van der Waals surface area contributed by atoms with Gasteiger partial charge >= 0.3 is 0 Å². The molecule has 0 aliphatic rings. The van der Waals surface area contributed by atoms with Gasteiger partial charge in [-0.2, -0.15) is 0 Å². The highest BCUT2D eigenvalue weighted by Crippen LogP contribution is 2.14. The molecule has 4 heteroatoms. The van der Waals surface area contributed by atoms with Crippen LogP contribution in [0.15, 0.2) is 66.9 Å². The fourth-order valence-corrected chi connectivity index (χ4v) is 2.69. The van der Waals surface area contributed by atoms with Crippen LogP contribution in [0.1, 0.15) is 18.4 Å². The van der Waals surface area contributed by atoms with Crippen LogP contribution in [0.2, 0.25) is 0 Å². The maximum atomic E-state index is 12.3. The minimum absolute atomic E-state index is 0.116. The van der Waals surface area contributed by atoms with Crippen molar-refractivity contribution in [2.45, 2.75) is 19.4 Å². The Kier molecular flexibility index (Phi) is 5.62. The van der Waals surface area contributed by atoms with Crippen molar-refractivity contribution in [1.82, 2.24) is 9.88 Å². The highest BCUT2D eigenvalue weighted by atomic mass is 16.5. The van der Waals surface area contributed by atoms with Crippen LogP contribution in [0, 0.1) is 0 Å². The summed E-state index contributed by atoms with van der Waals surface area (Å²) in [6.45, 7) is 1.11. The molecule has 0 bridgehead atoms. The third-order valence-corrected chi connectivity index (χ3v) is 4.04. The summed E-state index contributed by atoms with van der Waals surface area (Å²) in [6, 6.07) is 19.7. The number of para-hydroxylation sites is 2. The zero-order valence-electron chi connectivity index (χ0n) is 14.4. The smallest absolute Gasteiger partial charge is 0.222 e. The summed E-state index contributed by atoms with van der Waals surface area (Å²) in [7, 11) is 1.83. The van der Waals surface area contributed by atoms with E-state index in [0.717, 1.165) is 22.2 Å². The minimum atomic E-state index is 0.116. The molecule has 0 aliphatic heterocycles. The molecular weight excluding hydrogens is 312 g/mol. The molecule has 1 amide bonds. The van der Waals surface area contributed by atoms with Crippen LogP contribution in [0.25, 0.3) is 10.9 Å². The lowest BCUT2D eigenvalue weighted by molar-refractivity contribution is -0.130. The second kappa shape index (κ2) is 8.29. The van der Waals surface area contributed by atoms with E-state index in [9.17, 15) is 4.79 Å². The average molecular weight is 334 g/mol. The molecule has 3 aromatic rings. The number of pyridine rings is 1. The summed E-state index contributed by atoms with van der Waals surface area (Å²) in [5.74, 6) is 0.954. The van der Waals surface area contributed by atoms with Crippen molar-refractivity contribution in [3.63, 3.8) is 0 Å². The molecule has 2 aromatic carbocycles. The number of rotatable bonds is 7. The number of carbonyl (C=O) groups excluding carboxylic acids is 1. The maximum absolute atomic E-state index is 12.3. The number of amides is 1. The van der Waals surface area contributed by atoms with Gasteiger partial charge in [0.25, 0.3) is 0 Å². The summed E-state index contributed by atoms with van der Waals surface area (Å²) in [5.41, 5.74) is 2.01. The SMILES string of the molecule is CN(Cc1cnc2ccccc2c1)C(=O)CCCOc1ccccc1. The highest BCUT2D eigenvalue weighted by molar-refractivity contribution is 5.79. The maximum Gasteiger partial charge on any atom is 0.222 e. The molecule has 1 heterocycles. The Bertz CT molecular complexity index is 833. The highest BCUT2D eigenvalue weighted by Gasteiger charge is 2.10. The second-order valence-electron chi connectivity index (χ2n) is 6.05. The second-order valence-corrected chi connectivity index (χ2v) is 6.05. The molecule has 3 rings (SSSR count). The lowest BCUT2D eigenvalue weighted by Gasteiger charge is -2.17. The molecule has 0 fully saturated rings. The summed E-state index contributed by atoms with van der Waals surface area (Å²) in [4.78, 5) is 18.5. The predicted octanol–water partition coefficient (Wildman–Crippen LogP) is 4.05. The molecule has 0 spiro atoms. The van der Waals surface area contributed by atoms with Crippen molar-refractivity contribution >= 4 is 16.8 Å². The predicted molar refractivity (Wildman–Crippen MR) is 99.4 cm³/mol. The van der Waals surface area contributed by atoms with E-state index in [0.29, 0.717) is 26.0 Å². The molecule has 0 atom stereocenters. The summed E-state index contributed by atoms with van der Waals surface area (Å²) in [6.07, 6.45) is 3.02. The van der Waals surface area contributed by atoms with E-state index < -0.39 is 0 Å². The number of hydrogen-bond donors (Lipinski definition) is 0. The van der Waals surface area contributed by atoms with Crippen molar-refractivity contribution in [1.29, 1.82) is 0 Å². The molecule has 0 radical (unpaired) electrons. The summed E-state index contributed by atoms with van der Waals surface area (Å²) < 4.78 is 5.62. The van der Waals surface area contributed by atoms with Crippen molar-refractivity contribution in [3.8, 4) is 5.75 Å². The van der Waals surface area contributed by atoms with Crippen LogP contribution in [-0.4, -0.2) is 29.4 Å². The van der Waals surface area contributed by atoms with Gasteiger partial charge in [-0.1, -0.05) is 36.4 Å². The number of hydrogen-bond acceptors (Lipinski definition) is 3. The van der Waals surface area contributed by atoms with Gasteiger partial charge in [-0.3, -0.25) is 9.78 Å². The molecule has 1 aromatic heterocycles. The zero-order chi connectivity index (χ0) is 17.5. The van der Waals surface area contributed by atoms with E-state index in [1.807, 2.05) is 67.8 Å². The molecule has 128 valence electrons. The van der Waals surface area contributed by atoms with Gasteiger partial charge in [0.05, 0.1) is 12.1 Å². The molecule has 4 nitrogen and oxygen atoms in total. The number of benzene rings is 2. The Morgan fingerprint density at radius 3 is 2.68 bits per heavy atom. The first-order chi connectivity index (χ1) is 12.2. The lowest BCUT2D eigenvalue weighted by atomic mass is 10.1. The van der Waals surface area contributed by atoms with Gasteiger partial charge in [0, 0.05) is 31.6 Å². The molecule has 0 saturated carbocycles. The van der Waals surface area contributed by atoms with E-state index in [4.69, 9.17) is 4.74 Å². The van der Waals surface area contributed by atoms with Crippen LogP contribution in [0.5, 0.6) is 5.75 Å². The largest absolute Gasteiger partial charge is 0.494 e. The van der Waals surface area contributed by atoms with Crippen LogP contribution in [0.4, 0.5) is 0 Å². The molecular formula is C21H22N2O2. The van der Waals surface area contributed by atoms with Gasteiger partial charge in [0.1, 0.15) is 5.75 Å². The lowest BCUT2D eigenvalue weighted by Crippen LogP contribution is -2.26. The first-order valence-electron chi connectivity index (χ1n) is 8.48. The number of nitrogens with zero attached hydrogens (tertiary/aromatic N) is 2. The van der Waals surface area contributed by atoms with Crippen molar-refractivity contribution in [3.05, 3.63) is 72.4 Å². The Hall–Kier alpha value is -2.88. The third-order valence-electron chi connectivity index (χ3n) is 4.04. The molecule has 0 saturated heterocycles. The standard InChI is InChI=1S/C21H22N2O2/c1-23(16-17-14-18-8-5-6-11-20(18)22-15-17)21(24)12-7-13-25-19-9-3-2-4-10-19/h2-6,8-11,14-15H,7,12-13,16H2,1H3. The molecule has 0 unspecified atom stereocenters. The van der Waals surface area contributed by atoms with Gasteiger partial charge in [-0.05, 0) is 36.2 Å². The van der Waals surface area contributed by atoms with Crippen LogP contribution in [-0.2, 0) is 11.3 Å². The van der Waals surface area contributed by atoms with Gasteiger partial charge in [-0.15, -0.1) is 0 Å². The first-order valence-corrected chi connectivity index (χ1v) is 8.48. The minimum Gasteiger partial charge on any atom is -0.494 e. The first kappa shape index (κ1) is 17.0. The van der Waals surface area contributed by atoms with E-state index in [1.54, 1.807) is 4.90 Å². The molecule has 25 heavy (non-hydrogen) atoms. The van der Waals surface area contributed by atoms with E-state index in [2.05, 4.69) is 11.1 Å². The van der Waals surface area contributed by atoms with Crippen LogP contribution < -0.4 is 4.74 Å². The summed E-state index contributed by atoms with van der Waals surface area (Å²) >= 11 is 0. The molecule has 0 aliphatic carbocycles. The number of ether oxygens (including phenoxy) is 1. The van der Waals surface area contributed by atoms with E-state index in [-0.39, 0.29) is 5.91 Å². The Labute approximate surface area is 148 Å². The van der Waals surface area contributed by atoms with Gasteiger partial charge < -0.3 is 9.64 Å². The number of aromatic nitrogens is 1. The van der Waals surface area contributed by atoms with E-state index in [1.165, 1.54) is 0 Å². The normalized spacial score (nSPS) is 10.6. The van der Waals surface area contributed by atoms with Crippen molar-refractivity contribution in [2.24, 2.45) is 0 Å². The average Bonchev–Trinajstić information content (AvgIpc) is 2.65. The van der Waals surface area contributed by atoms with Crippen molar-refractivity contribution < 1.29 is 9.53 Å². The number of carbonyl (C=O) groups is 1. The fraction of sp³-hybridized carbons (Fsp3) is 0.238. The summed E-state index contributed by atoms with van der Waals surface area (Å²) in [5, 5.41) is 1.09. The topological polar surface area (TPSA) is 42.4 Å². The monoisotopic (exact) mass is 334 g/mol. The van der Waals surface area contributed by atoms with E-state index >= 15 is 0 Å². The molecule has 0 N–H and O–H groups in total. The number of fused-ring (bicyclic) bond motifs is 1. The van der Waals surface area contributed by atoms with Crippen LogP contribution in [0.3, 0.4) is 0 Å². The van der Waals surface area contributed by atoms with Gasteiger partial charge in [0.15, 0.2) is 0 Å². The van der Waals surface area contributed by atoms with Gasteiger partial charge in [-0.25, -0.2) is 0 Å². The zero-order valence-corrected chi connectivity index (χ0v) is 14.4. The quantitative estimate of drug-likeness (QED) is 0.612. The van der Waals surface area contributed by atoms with Gasteiger partial charge in [0.2, 0.25) is 5.91 Å². The fourth-order valence-electron chi connectivity index (χ4n) is 2.69. The van der Waals surface area contributed by atoms with Crippen molar-refractivity contribution in [2.75, 3.05) is 13.7 Å². The third kappa shape index (κ3) is 4.80. The Balaban J connectivity index is 1.46.